The number of aromatic nitrogens is 2. The van der Waals surface area contributed by atoms with Crippen LogP contribution in [0.25, 0.3) is 10.9 Å². The van der Waals surface area contributed by atoms with Crippen LogP contribution in [-0.4, -0.2) is 21.2 Å². The molecule has 1 N–H and O–H groups in total. The number of hydrogen-bond donors (Lipinski definition) is 1. The number of halogens is 3. The van der Waals surface area contributed by atoms with Gasteiger partial charge in [0.25, 0.3) is 11.3 Å². The molecule has 1 amide bonds. The highest BCUT2D eigenvalue weighted by Crippen LogP contribution is 2.37. The molecule has 0 aliphatic carbocycles. The summed E-state index contributed by atoms with van der Waals surface area (Å²) in [6.45, 7) is 1.33. The molecule has 0 saturated carbocycles. The Labute approximate surface area is 162 Å². The van der Waals surface area contributed by atoms with Gasteiger partial charge in [-0.15, -0.1) is 0 Å². The molecule has 0 spiro atoms. The average molecular weight is 410 g/mol. The van der Waals surface area contributed by atoms with Gasteiger partial charge in [-0.1, -0.05) is 41.6 Å². The van der Waals surface area contributed by atoms with Crippen LogP contribution in [0.5, 0.6) is 0 Å². The zero-order valence-electron chi connectivity index (χ0n) is 14.1. The summed E-state index contributed by atoms with van der Waals surface area (Å²) < 4.78 is 26.8. The fourth-order valence-electron chi connectivity index (χ4n) is 2.61. The minimum Gasteiger partial charge on any atom is -0.323 e. The van der Waals surface area contributed by atoms with E-state index >= 15 is 0 Å². The van der Waals surface area contributed by atoms with Gasteiger partial charge in [-0.2, -0.15) is 8.78 Å². The van der Waals surface area contributed by atoms with Crippen molar-refractivity contribution in [2.24, 2.45) is 0 Å². The second-order valence-corrected chi connectivity index (χ2v) is 7.02. The van der Waals surface area contributed by atoms with E-state index in [0.29, 0.717) is 16.7 Å². The lowest BCUT2D eigenvalue weighted by Gasteiger charge is -2.14. The molecule has 2 aromatic carbocycles. The lowest BCUT2D eigenvalue weighted by Crippen LogP contribution is -2.30. The van der Waals surface area contributed by atoms with Gasteiger partial charge in [0.1, 0.15) is 12.4 Å². The first-order valence-corrected chi connectivity index (χ1v) is 9.12. The number of nitrogens with one attached hydrogen (secondary N) is 1. The van der Waals surface area contributed by atoms with Crippen LogP contribution in [0.1, 0.15) is 5.82 Å². The topological polar surface area (TPSA) is 64.0 Å². The molecule has 0 aliphatic heterocycles. The number of rotatable bonds is 5. The van der Waals surface area contributed by atoms with Crippen molar-refractivity contribution < 1.29 is 13.6 Å². The van der Waals surface area contributed by atoms with Gasteiger partial charge in [0.2, 0.25) is 5.91 Å². The Hall–Kier alpha value is -2.45. The van der Waals surface area contributed by atoms with Gasteiger partial charge < -0.3 is 5.32 Å². The summed E-state index contributed by atoms with van der Waals surface area (Å²) in [6, 6.07) is 11.3. The van der Waals surface area contributed by atoms with Crippen LogP contribution in [0, 0.1) is 6.92 Å². The maximum absolute atomic E-state index is 12.8. The predicted octanol–water partition coefficient (Wildman–Crippen LogP) is 4.31. The molecule has 0 radical (unpaired) electrons. The zero-order chi connectivity index (χ0) is 19.6. The van der Waals surface area contributed by atoms with Crippen molar-refractivity contribution in [3.05, 3.63) is 63.7 Å². The van der Waals surface area contributed by atoms with E-state index in [4.69, 9.17) is 11.6 Å². The SMILES string of the molecule is Cc1nc2ccccc2c(=O)n1CC(=O)Nc1cccc(Cl)c1SC(F)F. The summed E-state index contributed by atoms with van der Waals surface area (Å²) in [4.78, 5) is 29.5. The van der Waals surface area contributed by atoms with Crippen LogP contribution < -0.4 is 10.9 Å². The first-order chi connectivity index (χ1) is 12.9. The number of carbonyl (C=O) groups is 1. The maximum Gasteiger partial charge on any atom is 0.289 e. The lowest BCUT2D eigenvalue weighted by molar-refractivity contribution is -0.116. The van der Waals surface area contributed by atoms with Gasteiger partial charge >= 0.3 is 0 Å². The minimum atomic E-state index is -2.69. The summed E-state index contributed by atoms with van der Waals surface area (Å²) in [5, 5.41) is 3.05. The Morgan fingerprint density at radius 1 is 1.26 bits per heavy atom. The molecule has 27 heavy (non-hydrogen) atoms. The number of amides is 1. The molecular formula is C18H14ClF2N3O2S. The van der Waals surface area contributed by atoms with E-state index in [9.17, 15) is 18.4 Å². The van der Waals surface area contributed by atoms with Crippen molar-refractivity contribution in [2.75, 3.05) is 5.32 Å². The third-order valence-electron chi connectivity index (χ3n) is 3.80. The second kappa shape index (κ2) is 8.06. The molecule has 3 rings (SSSR count). The Balaban J connectivity index is 1.89. The molecule has 5 nitrogen and oxygen atoms in total. The fraction of sp³-hybridized carbons (Fsp3) is 0.167. The summed E-state index contributed by atoms with van der Waals surface area (Å²) in [5.74, 6) is -2.85. The van der Waals surface area contributed by atoms with E-state index in [-0.39, 0.29) is 39.5 Å². The number of nitrogens with zero attached hydrogens (tertiary/aromatic N) is 2. The van der Waals surface area contributed by atoms with E-state index < -0.39 is 11.7 Å². The molecule has 0 bridgehead atoms. The van der Waals surface area contributed by atoms with Crippen molar-refractivity contribution in [2.45, 2.75) is 24.1 Å². The summed E-state index contributed by atoms with van der Waals surface area (Å²) >= 11 is 6.21. The summed E-state index contributed by atoms with van der Waals surface area (Å²) in [7, 11) is 0. The van der Waals surface area contributed by atoms with E-state index in [1.54, 1.807) is 37.3 Å². The van der Waals surface area contributed by atoms with E-state index in [1.807, 2.05) is 0 Å². The number of alkyl halides is 2. The summed E-state index contributed by atoms with van der Waals surface area (Å²) in [6.07, 6.45) is 0. The highest BCUT2D eigenvalue weighted by atomic mass is 35.5. The molecule has 9 heteroatoms. The van der Waals surface area contributed by atoms with E-state index in [1.165, 1.54) is 16.7 Å². The Morgan fingerprint density at radius 2 is 2.00 bits per heavy atom. The van der Waals surface area contributed by atoms with Gasteiger partial charge in [-0.05, 0) is 31.2 Å². The van der Waals surface area contributed by atoms with Crippen LogP contribution in [0.3, 0.4) is 0 Å². The fourth-order valence-corrected chi connectivity index (χ4v) is 3.53. The largest absolute Gasteiger partial charge is 0.323 e. The number of fused-ring (bicyclic) bond motifs is 1. The maximum atomic E-state index is 12.8. The van der Waals surface area contributed by atoms with E-state index in [0.717, 1.165) is 0 Å². The molecule has 140 valence electrons. The zero-order valence-corrected chi connectivity index (χ0v) is 15.7. The second-order valence-electron chi connectivity index (χ2n) is 5.61. The molecule has 3 aromatic rings. The predicted molar refractivity (Wildman–Crippen MR) is 103 cm³/mol. The Kier molecular flexibility index (Phi) is 5.76. The monoisotopic (exact) mass is 409 g/mol. The molecule has 1 heterocycles. The van der Waals surface area contributed by atoms with Crippen LogP contribution in [-0.2, 0) is 11.3 Å². The highest BCUT2D eigenvalue weighted by Gasteiger charge is 2.17. The Bertz CT molecular complexity index is 1070. The standard InChI is InChI=1S/C18H14ClF2N3O2S/c1-10-22-13-7-3-2-5-11(13)17(26)24(10)9-15(25)23-14-8-4-6-12(19)16(14)27-18(20)21/h2-8,18H,9H2,1H3,(H,23,25). The number of benzene rings is 2. The average Bonchev–Trinajstić information content (AvgIpc) is 2.61. The van der Waals surface area contributed by atoms with Crippen molar-refractivity contribution in [1.29, 1.82) is 0 Å². The van der Waals surface area contributed by atoms with Crippen LogP contribution in [0.15, 0.2) is 52.2 Å². The molecule has 0 fully saturated rings. The Morgan fingerprint density at radius 3 is 2.74 bits per heavy atom. The van der Waals surface area contributed by atoms with Crippen molar-refractivity contribution >= 4 is 45.9 Å². The third kappa shape index (κ3) is 4.28. The van der Waals surface area contributed by atoms with Crippen molar-refractivity contribution in [3.8, 4) is 0 Å². The smallest absolute Gasteiger partial charge is 0.289 e. The molecule has 0 atom stereocenters. The molecular weight excluding hydrogens is 396 g/mol. The number of anilines is 1. The molecule has 0 unspecified atom stereocenters. The molecule has 0 aliphatic rings. The first kappa shape index (κ1) is 19.3. The number of aryl methyl sites for hydroxylation is 1. The van der Waals surface area contributed by atoms with Crippen LogP contribution >= 0.6 is 23.4 Å². The van der Waals surface area contributed by atoms with Gasteiger partial charge in [0.15, 0.2) is 0 Å². The van der Waals surface area contributed by atoms with Gasteiger partial charge in [-0.3, -0.25) is 14.2 Å². The minimum absolute atomic E-state index is 0.0724. The molecule has 1 aromatic heterocycles. The quantitative estimate of drug-likeness (QED) is 0.638. The van der Waals surface area contributed by atoms with Gasteiger partial charge in [0.05, 0.1) is 26.5 Å². The highest BCUT2D eigenvalue weighted by molar-refractivity contribution is 7.99. The van der Waals surface area contributed by atoms with Crippen LogP contribution in [0.2, 0.25) is 5.02 Å². The van der Waals surface area contributed by atoms with Crippen molar-refractivity contribution in [1.82, 2.24) is 9.55 Å². The third-order valence-corrected chi connectivity index (χ3v) is 5.08. The summed E-state index contributed by atoms with van der Waals surface area (Å²) in [5.41, 5.74) is 0.362. The van der Waals surface area contributed by atoms with Crippen molar-refractivity contribution in [3.63, 3.8) is 0 Å². The number of thioether (sulfide) groups is 1. The van der Waals surface area contributed by atoms with E-state index in [2.05, 4.69) is 10.3 Å². The lowest BCUT2D eigenvalue weighted by atomic mass is 10.2. The number of carbonyl (C=O) groups excluding carboxylic acids is 1. The van der Waals surface area contributed by atoms with Crippen LogP contribution in [0.4, 0.5) is 14.5 Å². The van der Waals surface area contributed by atoms with Gasteiger partial charge in [-0.25, -0.2) is 4.98 Å². The molecule has 0 saturated heterocycles. The normalized spacial score (nSPS) is 11.1. The number of para-hydroxylation sites is 1. The first-order valence-electron chi connectivity index (χ1n) is 7.86. The van der Waals surface area contributed by atoms with Gasteiger partial charge in [0, 0.05) is 0 Å². The number of hydrogen-bond acceptors (Lipinski definition) is 4.